The Morgan fingerprint density at radius 2 is 1.55 bits per heavy atom. The summed E-state index contributed by atoms with van der Waals surface area (Å²) in [7, 11) is -4.01. The van der Waals surface area contributed by atoms with Crippen molar-refractivity contribution in [2.45, 2.75) is 29.8 Å². The van der Waals surface area contributed by atoms with Crippen LogP contribution in [0.3, 0.4) is 0 Å². The number of hydrogen-bond acceptors (Lipinski definition) is 5. The number of ether oxygens (including phenoxy) is 1. The molecule has 2 heterocycles. The normalized spacial score (nSPS) is 13.6. The summed E-state index contributed by atoms with van der Waals surface area (Å²) in [4.78, 5) is 14.1. The summed E-state index contributed by atoms with van der Waals surface area (Å²) in [5.41, 5.74) is 3.58. The van der Waals surface area contributed by atoms with E-state index in [1.54, 1.807) is 23.5 Å². The maximum Gasteiger partial charge on any atom is 0.241 e. The van der Waals surface area contributed by atoms with Crippen LogP contribution in [0.2, 0.25) is 0 Å². The van der Waals surface area contributed by atoms with Gasteiger partial charge in [0.2, 0.25) is 15.9 Å². The van der Waals surface area contributed by atoms with Crippen molar-refractivity contribution < 1.29 is 17.9 Å². The first-order valence-corrected chi connectivity index (χ1v) is 15.5. The van der Waals surface area contributed by atoms with Crippen LogP contribution in [0.1, 0.15) is 28.3 Å². The van der Waals surface area contributed by atoms with Crippen molar-refractivity contribution in [3.8, 4) is 5.75 Å². The van der Waals surface area contributed by atoms with Crippen molar-refractivity contribution in [1.82, 2.24) is 10.0 Å². The number of carbonyl (C=O) groups excluding carboxylic acids is 1. The molecule has 1 amide bonds. The van der Waals surface area contributed by atoms with Gasteiger partial charge in [-0.25, -0.2) is 8.42 Å². The second-order valence-electron chi connectivity index (χ2n) is 9.77. The molecule has 1 atom stereocenters. The van der Waals surface area contributed by atoms with E-state index in [2.05, 4.69) is 10.0 Å². The molecule has 0 radical (unpaired) electrons. The molecule has 6 rings (SSSR count). The Hall–Kier alpha value is -3.98. The highest BCUT2D eigenvalue weighted by Crippen LogP contribution is 2.30. The van der Waals surface area contributed by atoms with Gasteiger partial charge >= 0.3 is 0 Å². The number of carbonyl (C=O) groups is 1. The summed E-state index contributed by atoms with van der Waals surface area (Å²) in [6, 6.07) is 30.7. The zero-order valence-electron chi connectivity index (χ0n) is 21.6. The lowest BCUT2D eigenvalue weighted by Gasteiger charge is -2.24. The second-order valence-corrected chi connectivity index (χ2v) is 12.4. The summed E-state index contributed by atoms with van der Waals surface area (Å²) in [5.74, 6) is 0.299. The maximum atomic E-state index is 14.0. The Morgan fingerprint density at radius 1 is 0.875 bits per heavy atom. The number of benzene rings is 4. The average molecular weight is 569 g/mol. The van der Waals surface area contributed by atoms with Gasteiger partial charge in [-0.3, -0.25) is 4.79 Å². The third kappa shape index (κ3) is 5.51. The van der Waals surface area contributed by atoms with Crippen LogP contribution >= 0.6 is 11.3 Å². The number of amides is 1. The van der Waals surface area contributed by atoms with Gasteiger partial charge in [0.15, 0.2) is 0 Å². The van der Waals surface area contributed by atoms with E-state index < -0.39 is 28.0 Å². The molecule has 0 saturated carbocycles. The molecule has 0 aliphatic carbocycles. The van der Waals surface area contributed by atoms with Crippen LogP contribution in [0.25, 0.3) is 10.1 Å². The fraction of sp³-hybridized carbons (Fsp3) is 0.156. The van der Waals surface area contributed by atoms with Crippen LogP contribution in [0, 0.1) is 0 Å². The summed E-state index contributed by atoms with van der Waals surface area (Å²) >= 11 is 1.58. The lowest BCUT2D eigenvalue weighted by molar-refractivity contribution is -0.123. The van der Waals surface area contributed by atoms with Crippen molar-refractivity contribution in [2.24, 2.45) is 0 Å². The SMILES string of the molecule is O=C(NC(c1ccccc1)c1ccccc1)C(Cc1csc2ccccc12)NS(=O)(=O)c1ccc2c(c1)CCO2. The molecule has 4 aromatic carbocycles. The molecule has 0 bridgehead atoms. The number of rotatable bonds is 9. The van der Waals surface area contributed by atoms with Gasteiger partial charge in [-0.05, 0) is 63.7 Å². The molecular formula is C32H28N2O4S2. The molecule has 5 aromatic rings. The van der Waals surface area contributed by atoms with Gasteiger partial charge < -0.3 is 10.1 Å². The van der Waals surface area contributed by atoms with Crippen LogP contribution in [-0.2, 0) is 27.7 Å². The molecule has 0 spiro atoms. The van der Waals surface area contributed by atoms with Crippen LogP contribution in [0.15, 0.2) is 113 Å². The molecular weight excluding hydrogens is 540 g/mol. The molecule has 1 aliphatic rings. The number of fused-ring (bicyclic) bond motifs is 2. The predicted molar refractivity (Wildman–Crippen MR) is 158 cm³/mol. The van der Waals surface area contributed by atoms with Crippen LogP contribution in [0.4, 0.5) is 0 Å². The lowest BCUT2D eigenvalue weighted by atomic mass is 9.97. The van der Waals surface area contributed by atoms with Gasteiger partial charge in [0.1, 0.15) is 11.8 Å². The van der Waals surface area contributed by atoms with Crippen molar-refractivity contribution in [1.29, 1.82) is 0 Å². The van der Waals surface area contributed by atoms with E-state index in [0.29, 0.717) is 18.8 Å². The third-order valence-electron chi connectivity index (χ3n) is 7.12. The van der Waals surface area contributed by atoms with Crippen molar-refractivity contribution in [3.63, 3.8) is 0 Å². The molecule has 0 fully saturated rings. The first kappa shape index (κ1) is 26.3. The topological polar surface area (TPSA) is 84.5 Å². The molecule has 1 aliphatic heterocycles. The van der Waals surface area contributed by atoms with Crippen molar-refractivity contribution in [3.05, 3.63) is 131 Å². The molecule has 8 heteroatoms. The van der Waals surface area contributed by atoms with E-state index >= 15 is 0 Å². The number of hydrogen-bond donors (Lipinski definition) is 2. The zero-order chi connectivity index (χ0) is 27.5. The van der Waals surface area contributed by atoms with Gasteiger partial charge in [-0.2, -0.15) is 4.72 Å². The first-order valence-electron chi connectivity index (χ1n) is 13.1. The fourth-order valence-corrected chi connectivity index (χ4v) is 7.30. The smallest absolute Gasteiger partial charge is 0.241 e. The van der Waals surface area contributed by atoms with Crippen LogP contribution in [0.5, 0.6) is 5.75 Å². The van der Waals surface area contributed by atoms with E-state index in [0.717, 1.165) is 32.3 Å². The van der Waals surface area contributed by atoms with Crippen molar-refractivity contribution in [2.75, 3.05) is 6.61 Å². The quantitative estimate of drug-likeness (QED) is 0.241. The molecule has 40 heavy (non-hydrogen) atoms. The van der Waals surface area contributed by atoms with Gasteiger partial charge in [-0.1, -0.05) is 78.9 Å². The summed E-state index contributed by atoms with van der Waals surface area (Å²) in [6.45, 7) is 0.531. The molecule has 6 nitrogen and oxygen atoms in total. The van der Waals surface area contributed by atoms with Crippen molar-refractivity contribution >= 4 is 37.4 Å². The lowest BCUT2D eigenvalue weighted by Crippen LogP contribution is -2.49. The monoisotopic (exact) mass is 568 g/mol. The van der Waals surface area contributed by atoms with E-state index in [1.165, 1.54) is 6.07 Å². The summed E-state index contributed by atoms with van der Waals surface area (Å²) in [6.07, 6.45) is 0.860. The van der Waals surface area contributed by atoms with Crippen LogP contribution in [-0.4, -0.2) is 27.0 Å². The Bertz CT molecular complexity index is 1710. The Kier molecular flexibility index (Phi) is 7.38. The second kappa shape index (κ2) is 11.3. The minimum absolute atomic E-state index is 0.118. The zero-order valence-corrected chi connectivity index (χ0v) is 23.3. The fourth-order valence-electron chi connectivity index (χ4n) is 5.08. The molecule has 0 saturated heterocycles. The molecule has 2 N–H and O–H groups in total. The first-order chi connectivity index (χ1) is 19.5. The average Bonchev–Trinajstić information content (AvgIpc) is 3.63. The van der Waals surface area contributed by atoms with Gasteiger partial charge in [0.25, 0.3) is 0 Å². The summed E-state index contributed by atoms with van der Waals surface area (Å²) in [5, 5.41) is 6.16. The summed E-state index contributed by atoms with van der Waals surface area (Å²) < 4.78 is 36.6. The molecule has 1 unspecified atom stereocenters. The molecule has 202 valence electrons. The standard InChI is InChI=1S/C32H28N2O4S2/c35-32(33-31(22-9-3-1-4-10-22)23-11-5-2-6-12-23)28(20-25-21-39-30-14-8-7-13-27(25)30)34-40(36,37)26-15-16-29-24(19-26)17-18-38-29/h1-16,19,21,28,31,34H,17-18,20H2,(H,33,35). The van der Waals surface area contributed by atoms with E-state index in [1.807, 2.05) is 90.3 Å². The minimum Gasteiger partial charge on any atom is -0.493 e. The van der Waals surface area contributed by atoms with Crippen LogP contribution < -0.4 is 14.8 Å². The number of thiophene rings is 1. The minimum atomic E-state index is -4.01. The van der Waals surface area contributed by atoms with Gasteiger partial charge in [0.05, 0.1) is 17.5 Å². The molecule has 1 aromatic heterocycles. The van der Waals surface area contributed by atoms with Gasteiger partial charge in [0, 0.05) is 11.1 Å². The van der Waals surface area contributed by atoms with Gasteiger partial charge in [-0.15, -0.1) is 11.3 Å². The number of nitrogens with one attached hydrogen (secondary N) is 2. The number of sulfonamides is 1. The highest BCUT2D eigenvalue weighted by Gasteiger charge is 2.30. The maximum absolute atomic E-state index is 14.0. The van der Waals surface area contributed by atoms with E-state index in [4.69, 9.17) is 4.74 Å². The third-order valence-corrected chi connectivity index (χ3v) is 9.60. The van der Waals surface area contributed by atoms with E-state index in [9.17, 15) is 13.2 Å². The Balaban J connectivity index is 1.34. The Labute approximate surface area is 237 Å². The van der Waals surface area contributed by atoms with E-state index in [-0.39, 0.29) is 11.3 Å². The largest absolute Gasteiger partial charge is 0.493 e. The highest BCUT2D eigenvalue weighted by molar-refractivity contribution is 7.89. The predicted octanol–water partition coefficient (Wildman–Crippen LogP) is 5.63. The highest BCUT2D eigenvalue weighted by atomic mass is 32.2. The Morgan fingerprint density at radius 3 is 2.27 bits per heavy atom.